The molecule has 0 aliphatic carbocycles. The summed E-state index contributed by atoms with van der Waals surface area (Å²) in [7, 11) is 3.17. The molecule has 0 bridgehead atoms. The van der Waals surface area contributed by atoms with E-state index in [1.165, 1.54) is 11.8 Å². The second-order valence-corrected chi connectivity index (χ2v) is 11.2. The Morgan fingerprint density at radius 3 is 2.26 bits per heavy atom. The van der Waals surface area contributed by atoms with Gasteiger partial charge in [-0.05, 0) is 63.8 Å². The predicted octanol–water partition coefficient (Wildman–Crippen LogP) is 4.14. The summed E-state index contributed by atoms with van der Waals surface area (Å²) in [6.07, 6.45) is 4.17. The van der Waals surface area contributed by atoms with E-state index in [2.05, 4.69) is 14.9 Å². The molecular formula is C28H37N5O5S. The molecule has 1 fully saturated rings. The summed E-state index contributed by atoms with van der Waals surface area (Å²) in [5.41, 5.74) is 1.23. The first-order chi connectivity index (χ1) is 18.6. The van der Waals surface area contributed by atoms with Gasteiger partial charge in [-0.3, -0.25) is 14.3 Å². The van der Waals surface area contributed by atoms with Gasteiger partial charge >= 0.3 is 6.09 Å². The van der Waals surface area contributed by atoms with Gasteiger partial charge in [0.25, 0.3) is 5.56 Å². The van der Waals surface area contributed by atoms with E-state index in [-0.39, 0.29) is 11.7 Å². The van der Waals surface area contributed by atoms with Crippen molar-refractivity contribution >= 4 is 28.9 Å². The lowest BCUT2D eigenvalue weighted by molar-refractivity contribution is 0.0144. The van der Waals surface area contributed by atoms with Gasteiger partial charge in [-0.25, -0.2) is 14.8 Å². The van der Waals surface area contributed by atoms with E-state index in [4.69, 9.17) is 14.2 Å². The first-order valence-corrected chi connectivity index (χ1v) is 14.2. The molecule has 0 atom stereocenters. The van der Waals surface area contributed by atoms with Crippen molar-refractivity contribution in [2.24, 2.45) is 0 Å². The molecule has 1 amide bonds. The molecule has 0 N–H and O–H groups in total. The van der Waals surface area contributed by atoms with Crippen LogP contribution >= 0.6 is 11.8 Å². The molecule has 3 aromatic rings. The number of carbonyl (C=O) groups excluding carboxylic acids is 1. The molecule has 1 aromatic carbocycles. The molecule has 39 heavy (non-hydrogen) atoms. The minimum absolute atomic E-state index is 0.127. The number of fused-ring (bicyclic) bond motifs is 1. The molecule has 1 saturated heterocycles. The summed E-state index contributed by atoms with van der Waals surface area (Å²) in [4.78, 5) is 39.4. The number of benzene rings is 1. The fourth-order valence-electron chi connectivity index (χ4n) is 4.55. The van der Waals surface area contributed by atoms with Gasteiger partial charge in [-0.1, -0.05) is 11.8 Å². The minimum atomic E-state index is -0.505. The second kappa shape index (κ2) is 12.3. The van der Waals surface area contributed by atoms with E-state index < -0.39 is 5.60 Å². The Balaban J connectivity index is 1.54. The normalized spacial score (nSPS) is 14.5. The van der Waals surface area contributed by atoms with Crippen LogP contribution in [0.3, 0.4) is 0 Å². The summed E-state index contributed by atoms with van der Waals surface area (Å²) in [6, 6.07) is 7.27. The van der Waals surface area contributed by atoms with Crippen molar-refractivity contribution in [2.75, 3.05) is 53.2 Å². The zero-order chi connectivity index (χ0) is 28.2. The molecular weight excluding hydrogens is 518 g/mol. The number of carbonyl (C=O) groups is 1. The predicted molar refractivity (Wildman–Crippen MR) is 153 cm³/mol. The molecule has 1 aliphatic rings. The van der Waals surface area contributed by atoms with Crippen molar-refractivity contribution in [3.63, 3.8) is 0 Å². The van der Waals surface area contributed by atoms with Crippen LogP contribution in [-0.2, 0) is 11.3 Å². The van der Waals surface area contributed by atoms with Crippen LogP contribution in [0, 0.1) is 0 Å². The quantitative estimate of drug-likeness (QED) is 0.300. The van der Waals surface area contributed by atoms with Gasteiger partial charge < -0.3 is 19.1 Å². The number of thioether (sulfide) groups is 1. The average Bonchev–Trinajstić information content (AvgIpc) is 2.92. The molecule has 0 spiro atoms. The number of ether oxygens (including phenoxy) is 3. The number of nitrogens with zero attached hydrogens (tertiary/aromatic N) is 5. The number of rotatable bonds is 8. The van der Waals surface area contributed by atoms with Crippen LogP contribution < -0.4 is 15.0 Å². The number of hydrogen-bond donors (Lipinski definition) is 0. The lowest BCUT2D eigenvalue weighted by atomic mass is 10.0. The van der Waals surface area contributed by atoms with E-state index >= 15 is 0 Å². The van der Waals surface area contributed by atoms with Gasteiger partial charge in [0, 0.05) is 55.9 Å². The summed E-state index contributed by atoms with van der Waals surface area (Å²) in [5.74, 6) is 1.21. The molecule has 0 unspecified atom stereocenters. The van der Waals surface area contributed by atoms with Crippen molar-refractivity contribution in [3.05, 3.63) is 40.8 Å². The summed E-state index contributed by atoms with van der Waals surface area (Å²) in [6.45, 7) is 9.69. The highest BCUT2D eigenvalue weighted by molar-refractivity contribution is 7.98. The third kappa shape index (κ3) is 7.02. The van der Waals surface area contributed by atoms with E-state index in [0.29, 0.717) is 53.1 Å². The van der Waals surface area contributed by atoms with Crippen molar-refractivity contribution < 1.29 is 19.0 Å². The fourth-order valence-corrected chi connectivity index (χ4v) is 4.89. The third-order valence-corrected chi connectivity index (χ3v) is 7.09. The van der Waals surface area contributed by atoms with Crippen molar-refractivity contribution in [1.82, 2.24) is 24.3 Å². The highest BCUT2D eigenvalue weighted by Gasteiger charge is 2.25. The molecule has 3 heterocycles. The Bertz CT molecular complexity index is 1360. The zero-order valence-electron chi connectivity index (χ0n) is 23.5. The standard InChI is InChI=1S/C28H37N5O5S/c1-28(2,3)38-27(35)32-12-10-31(11-13-32)8-7-9-33-24-20(18-29-26(30-24)39-6)16-23(25(33)34)19-14-21(36-4)17-22(15-19)37-5/h14-18H,7-13H2,1-6H3. The van der Waals surface area contributed by atoms with Gasteiger partial charge in [0.05, 0.1) is 14.2 Å². The van der Waals surface area contributed by atoms with Crippen LogP contribution in [0.15, 0.2) is 40.4 Å². The lowest BCUT2D eigenvalue weighted by Crippen LogP contribution is -2.50. The molecule has 210 valence electrons. The van der Waals surface area contributed by atoms with Crippen LogP contribution in [-0.4, -0.2) is 89.2 Å². The summed E-state index contributed by atoms with van der Waals surface area (Å²) < 4.78 is 18.1. The number of methoxy groups -OCH3 is 2. The smallest absolute Gasteiger partial charge is 0.410 e. The molecule has 10 nitrogen and oxygen atoms in total. The molecule has 1 aliphatic heterocycles. The molecule has 11 heteroatoms. The molecule has 4 rings (SSSR count). The van der Waals surface area contributed by atoms with Gasteiger partial charge in [0.2, 0.25) is 0 Å². The Labute approximate surface area is 233 Å². The number of pyridine rings is 1. The number of amides is 1. The Morgan fingerprint density at radius 2 is 1.67 bits per heavy atom. The molecule has 0 saturated carbocycles. The third-order valence-electron chi connectivity index (χ3n) is 6.53. The number of aromatic nitrogens is 3. The monoisotopic (exact) mass is 555 g/mol. The van der Waals surface area contributed by atoms with Crippen molar-refractivity contribution in [1.29, 1.82) is 0 Å². The van der Waals surface area contributed by atoms with E-state index in [1.807, 2.05) is 45.2 Å². The largest absolute Gasteiger partial charge is 0.497 e. The van der Waals surface area contributed by atoms with Gasteiger partial charge in [-0.15, -0.1) is 0 Å². The molecule has 0 radical (unpaired) electrons. The number of piperazine rings is 1. The maximum Gasteiger partial charge on any atom is 0.410 e. The maximum absolute atomic E-state index is 13.8. The molecule has 2 aromatic heterocycles. The SMILES string of the molecule is COc1cc(OC)cc(-c2cc3cnc(SC)nc3n(CCCN3CCN(C(=O)OC(C)(C)C)CC3)c2=O)c1. The van der Waals surface area contributed by atoms with Gasteiger partial charge in [0.1, 0.15) is 22.7 Å². The Morgan fingerprint density at radius 1 is 1.00 bits per heavy atom. The minimum Gasteiger partial charge on any atom is -0.497 e. The van der Waals surface area contributed by atoms with Crippen molar-refractivity contribution in [3.8, 4) is 22.6 Å². The highest BCUT2D eigenvalue weighted by atomic mass is 32.2. The lowest BCUT2D eigenvalue weighted by Gasteiger charge is -2.35. The van der Waals surface area contributed by atoms with Crippen LogP contribution in [0.5, 0.6) is 11.5 Å². The van der Waals surface area contributed by atoms with Crippen molar-refractivity contribution in [2.45, 2.75) is 44.5 Å². The van der Waals surface area contributed by atoms with Crippen LogP contribution in [0.25, 0.3) is 22.2 Å². The number of aryl methyl sites for hydroxylation is 1. The number of hydrogen-bond acceptors (Lipinski definition) is 9. The Hall–Kier alpha value is -3.31. The maximum atomic E-state index is 13.8. The van der Waals surface area contributed by atoms with Crippen LogP contribution in [0.4, 0.5) is 4.79 Å². The summed E-state index contributed by atoms with van der Waals surface area (Å²) >= 11 is 1.44. The topological polar surface area (TPSA) is 99.0 Å². The average molecular weight is 556 g/mol. The summed E-state index contributed by atoms with van der Waals surface area (Å²) in [5, 5.41) is 1.40. The second-order valence-electron chi connectivity index (χ2n) is 10.4. The highest BCUT2D eigenvalue weighted by Crippen LogP contribution is 2.29. The van der Waals surface area contributed by atoms with E-state index in [9.17, 15) is 9.59 Å². The fraction of sp³-hybridized carbons (Fsp3) is 0.500. The zero-order valence-corrected chi connectivity index (χ0v) is 24.3. The van der Waals surface area contributed by atoms with E-state index in [0.717, 1.165) is 31.4 Å². The van der Waals surface area contributed by atoms with Crippen LogP contribution in [0.1, 0.15) is 27.2 Å². The van der Waals surface area contributed by atoms with E-state index in [1.54, 1.807) is 35.9 Å². The van der Waals surface area contributed by atoms with Crippen LogP contribution in [0.2, 0.25) is 0 Å². The van der Waals surface area contributed by atoms with Gasteiger partial charge in [-0.2, -0.15) is 0 Å². The van der Waals surface area contributed by atoms with Gasteiger partial charge in [0.15, 0.2) is 5.16 Å². The first-order valence-electron chi connectivity index (χ1n) is 13.0. The Kier molecular flexibility index (Phi) is 9.01. The first kappa shape index (κ1) is 28.7.